The van der Waals surface area contributed by atoms with Crippen molar-refractivity contribution in [2.45, 2.75) is 39.3 Å². The number of hydrogen-bond donors (Lipinski definition) is 3. The molecule has 3 N–H and O–H groups in total. The Morgan fingerprint density at radius 3 is 2.47 bits per heavy atom. The highest BCUT2D eigenvalue weighted by Gasteiger charge is 2.11. The van der Waals surface area contributed by atoms with Crippen molar-refractivity contribution in [2.24, 2.45) is 0 Å². The molecule has 5 heteroatoms. The molecule has 0 fully saturated rings. The Kier molecular flexibility index (Phi) is 8.05. The second kappa shape index (κ2) is 8.75. The van der Waals surface area contributed by atoms with Gasteiger partial charge in [0.1, 0.15) is 0 Å². The van der Waals surface area contributed by atoms with Crippen molar-refractivity contribution in [2.75, 3.05) is 13.1 Å². The topological polar surface area (TPSA) is 70.2 Å². The van der Waals surface area contributed by atoms with Crippen LogP contribution in [-0.4, -0.2) is 37.0 Å². The monoisotopic (exact) mass is 241 g/mol. The molecule has 0 spiro atoms. The molecule has 5 nitrogen and oxygen atoms in total. The number of rotatable bonds is 8. The maximum atomic E-state index is 11.4. The molecule has 0 aliphatic heterocycles. The van der Waals surface area contributed by atoms with E-state index in [0.29, 0.717) is 19.5 Å². The van der Waals surface area contributed by atoms with Gasteiger partial charge in [0.15, 0.2) is 0 Å². The van der Waals surface area contributed by atoms with Crippen molar-refractivity contribution in [3.63, 3.8) is 0 Å². The summed E-state index contributed by atoms with van der Waals surface area (Å²) in [4.78, 5) is 22.7. The van der Waals surface area contributed by atoms with Gasteiger partial charge in [-0.25, -0.2) is 0 Å². The Labute approximate surface area is 103 Å². The molecule has 0 saturated carbocycles. The van der Waals surface area contributed by atoms with E-state index in [1.165, 1.54) is 0 Å². The number of carbonyl (C=O) groups is 2. The predicted octanol–water partition coefficient (Wildman–Crippen LogP) is 0.181. The van der Waals surface area contributed by atoms with Gasteiger partial charge < -0.3 is 16.0 Å². The van der Waals surface area contributed by atoms with E-state index in [2.05, 4.69) is 22.5 Å². The molecule has 0 aliphatic carbocycles. The fourth-order valence-electron chi connectivity index (χ4n) is 1.21. The average molecular weight is 241 g/mol. The minimum atomic E-state index is -0.304. The maximum Gasteiger partial charge on any atom is 0.237 e. The van der Waals surface area contributed by atoms with Crippen LogP contribution in [0.4, 0.5) is 0 Å². The summed E-state index contributed by atoms with van der Waals surface area (Å²) in [5.41, 5.74) is 0. The zero-order chi connectivity index (χ0) is 13.3. The molecular formula is C12H23N3O2. The molecule has 0 saturated heterocycles. The van der Waals surface area contributed by atoms with Crippen LogP contribution in [0, 0.1) is 0 Å². The van der Waals surface area contributed by atoms with Crippen LogP contribution in [0.2, 0.25) is 0 Å². The largest absolute Gasteiger partial charge is 0.354 e. The van der Waals surface area contributed by atoms with Crippen molar-refractivity contribution < 1.29 is 9.59 Å². The molecule has 0 aromatic rings. The fraction of sp³-hybridized carbons (Fsp3) is 0.667. The van der Waals surface area contributed by atoms with Gasteiger partial charge in [-0.05, 0) is 20.8 Å². The Bertz CT molecular complexity index is 264. The first-order valence-electron chi connectivity index (χ1n) is 5.88. The van der Waals surface area contributed by atoms with E-state index in [1.807, 2.05) is 13.8 Å². The van der Waals surface area contributed by atoms with E-state index in [4.69, 9.17) is 0 Å². The normalized spacial score (nSPS) is 12.0. The van der Waals surface area contributed by atoms with Gasteiger partial charge in [0.05, 0.1) is 6.04 Å². The number of carbonyl (C=O) groups excluding carboxylic acids is 2. The van der Waals surface area contributed by atoms with Crippen LogP contribution in [0.1, 0.15) is 27.2 Å². The van der Waals surface area contributed by atoms with Crippen molar-refractivity contribution in [1.29, 1.82) is 0 Å². The SMILES string of the molecule is C=CCNC(=O)C(C)NCCC(=O)NC(C)C. The van der Waals surface area contributed by atoms with Gasteiger partial charge in [-0.1, -0.05) is 6.08 Å². The van der Waals surface area contributed by atoms with E-state index in [0.717, 1.165) is 0 Å². The van der Waals surface area contributed by atoms with Crippen LogP contribution in [0.25, 0.3) is 0 Å². The Morgan fingerprint density at radius 1 is 1.29 bits per heavy atom. The summed E-state index contributed by atoms with van der Waals surface area (Å²) in [5.74, 6) is -0.0969. The summed E-state index contributed by atoms with van der Waals surface area (Å²) in [6.07, 6.45) is 2.00. The van der Waals surface area contributed by atoms with Gasteiger partial charge in [-0.3, -0.25) is 9.59 Å². The minimum absolute atomic E-state index is 0.00815. The van der Waals surface area contributed by atoms with Crippen LogP contribution in [-0.2, 0) is 9.59 Å². The molecule has 2 amide bonds. The van der Waals surface area contributed by atoms with Gasteiger partial charge in [-0.15, -0.1) is 6.58 Å². The van der Waals surface area contributed by atoms with Crippen molar-refractivity contribution in [3.05, 3.63) is 12.7 Å². The molecule has 17 heavy (non-hydrogen) atoms. The third kappa shape index (κ3) is 8.45. The molecule has 0 rings (SSSR count). The second-order valence-electron chi connectivity index (χ2n) is 4.18. The van der Waals surface area contributed by atoms with Gasteiger partial charge in [-0.2, -0.15) is 0 Å². The summed E-state index contributed by atoms with van der Waals surface area (Å²) in [5, 5.41) is 8.46. The lowest BCUT2D eigenvalue weighted by Gasteiger charge is -2.13. The van der Waals surface area contributed by atoms with Crippen molar-refractivity contribution in [3.8, 4) is 0 Å². The van der Waals surface area contributed by atoms with Gasteiger partial charge in [0.2, 0.25) is 11.8 Å². The molecule has 0 radical (unpaired) electrons. The fourth-order valence-corrected chi connectivity index (χ4v) is 1.21. The Balaban J connectivity index is 3.69. The van der Waals surface area contributed by atoms with Crippen LogP contribution in [0.5, 0.6) is 0 Å². The summed E-state index contributed by atoms with van der Waals surface area (Å²) in [6, 6.07) is -0.155. The highest BCUT2D eigenvalue weighted by Crippen LogP contribution is 1.86. The quantitative estimate of drug-likeness (QED) is 0.531. The van der Waals surface area contributed by atoms with Gasteiger partial charge in [0.25, 0.3) is 0 Å². The molecular weight excluding hydrogens is 218 g/mol. The number of nitrogens with one attached hydrogen (secondary N) is 3. The van der Waals surface area contributed by atoms with Crippen LogP contribution >= 0.6 is 0 Å². The standard InChI is InChI=1S/C12H23N3O2/c1-5-7-14-12(17)10(4)13-8-6-11(16)15-9(2)3/h5,9-10,13H,1,6-8H2,2-4H3,(H,14,17)(H,15,16). The third-order valence-corrected chi connectivity index (χ3v) is 2.07. The summed E-state index contributed by atoms with van der Waals surface area (Å²) < 4.78 is 0. The molecule has 98 valence electrons. The summed E-state index contributed by atoms with van der Waals surface area (Å²) >= 11 is 0. The lowest BCUT2D eigenvalue weighted by molar-refractivity contribution is -0.124. The van der Waals surface area contributed by atoms with E-state index >= 15 is 0 Å². The number of hydrogen-bond acceptors (Lipinski definition) is 3. The molecule has 0 bridgehead atoms. The van der Waals surface area contributed by atoms with Gasteiger partial charge >= 0.3 is 0 Å². The average Bonchev–Trinajstić information content (AvgIpc) is 2.24. The molecule has 1 unspecified atom stereocenters. The minimum Gasteiger partial charge on any atom is -0.354 e. The van der Waals surface area contributed by atoms with Crippen LogP contribution in [0.3, 0.4) is 0 Å². The zero-order valence-electron chi connectivity index (χ0n) is 10.9. The van der Waals surface area contributed by atoms with Gasteiger partial charge in [0, 0.05) is 25.6 Å². The first-order valence-corrected chi connectivity index (χ1v) is 5.88. The molecule has 0 heterocycles. The second-order valence-corrected chi connectivity index (χ2v) is 4.18. The van der Waals surface area contributed by atoms with E-state index < -0.39 is 0 Å². The molecule has 0 aromatic carbocycles. The first-order chi connectivity index (χ1) is 7.97. The molecule has 0 aromatic heterocycles. The van der Waals surface area contributed by atoms with Crippen molar-refractivity contribution >= 4 is 11.8 Å². The maximum absolute atomic E-state index is 11.4. The van der Waals surface area contributed by atoms with E-state index in [1.54, 1.807) is 13.0 Å². The lowest BCUT2D eigenvalue weighted by atomic mass is 10.3. The molecule has 0 aliphatic rings. The highest BCUT2D eigenvalue weighted by atomic mass is 16.2. The first kappa shape index (κ1) is 15.6. The van der Waals surface area contributed by atoms with Crippen molar-refractivity contribution in [1.82, 2.24) is 16.0 Å². The van der Waals surface area contributed by atoms with Crippen LogP contribution < -0.4 is 16.0 Å². The summed E-state index contributed by atoms with van der Waals surface area (Å²) in [7, 11) is 0. The number of amides is 2. The summed E-state index contributed by atoms with van der Waals surface area (Å²) in [6.45, 7) is 10.1. The Hall–Kier alpha value is -1.36. The van der Waals surface area contributed by atoms with E-state index in [-0.39, 0.29) is 23.9 Å². The smallest absolute Gasteiger partial charge is 0.237 e. The predicted molar refractivity (Wildman–Crippen MR) is 68.6 cm³/mol. The highest BCUT2D eigenvalue weighted by molar-refractivity contribution is 5.81. The third-order valence-electron chi connectivity index (χ3n) is 2.07. The molecule has 1 atom stereocenters. The van der Waals surface area contributed by atoms with Crippen LogP contribution in [0.15, 0.2) is 12.7 Å². The Morgan fingerprint density at radius 2 is 1.94 bits per heavy atom. The zero-order valence-corrected chi connectivity index (χ0v) is 10.9. The van der Waals surface area contributed by atoms with E-state index in [9.17, 15) is 9.59 Å². The lowest BCUT2D eigenvalue weighted by Crippen LogP contribution is -2.43.